The molecule has 0 spiro atoms. The number of nitrogens with zero attached hydrogens (tertiary/aromatic N) is 1. The molecule has 2 N–H and O–H groups in total. The highest BCUT2D eigenvalue weighted by Gasteiger charge is 2.30. The molecule has 0 radical (unpaired) electrons. The molecule has 0 aliphatic carbocycles. The summed E-state index contributed by atoms with van der Waals surface area (Å²) in [6.45, 7) is 3.63. The van der Waals surface area contributed by atoms with E-state index in [2.05, 4.69) is 0 Å². The second kappa shape index (κ2) is 7.07. The maximum absolute atomic E-state index is 12.2. The van der Waals surface area contributed by atoms with Crippen molar-refractivity contribution in [3.8, 4) is 0 Å². The average Bonchev–Trinajstić information content (AvgIpc) is 2.46. The number of nitrogens with two attached hydrogens (primary N) is 1. The summed E-state index contributed by atoms with van der Waals surface area (Å²) in [6, 6.07) is 7.72. The number of amides is 1. The minimum atomic E-state index is -0.151. The van der Waals surface area contributed by atoms with Crippen molar-refractivity contribution in [3.63, 3.8) is 0 Å². The number of morpholine rings is 1. The molecular weight excluding hydrogens is 276 g/mol. The normalized spacial score (nSPS) is 22.9. The molecule has 0 aromatic heterocycles. The molecule has 1 aromatic rings. The Bertz CT molecular complexity index is 467. The Morgan fingerprint density at radius 2 is 2.25 bits per heavy atom. The zero-order valence-corrected chi connectivity index (χ0v) is 12.5. The van der Waals surface area contributed by atoms with E-state index in [0.29, 0.717) is 31.1 Å². The topological polar surface area (TPSA) is 55.6 Å². The standard InChI is InChI=1S/C15H21ClN2O2/c1-11-10-20-14(12-5-2-3-6-13(12)16)9-18(11)15(19)7-4-8-17/h2-3,5-6,11,14H,4,7-10,17H2,1H3. The van der Waals surface area contributed by atoms with Crippen molar-refractivity contribution < 1.29 is 9.53 Å². The molecule has 0 saturated carbocycles. The molecule has 5 heteroatoms. The van der Waals surface area contributed by atoms with Crippen LogP contribution in [0.15, 0.2) is 24.3 Å². The van der Waals surface area contributed by atoms with Crippen molar-refractivity contribution in [2.45, 2.75) is 31.9 Å². The largest absolute Gasteiger partial charge is 0.369 e. The van der Waals surface area contributed by atoms with Gasteiger partial charge in [-0.05, 0) is 26.0 Å². The summed E-state index contributed by atoms with van der Waals surface area (Å²) >= 11 is 6.20. The number of carbonyl (C=O) groups is 1. The van der Waals surface area contributed by atoms with Crippen molar-refractivity contribution in [1.82, 2.24) is 4.90 Å². The highest BCUT2D eigenvalue weighted by atomic mass is 35.5. The number of ether oxygens (including phenoxy) is 1. The molecule has 1 heterocycles. The van der Waals surface area contributed by atoms with Gasteiger partial charge in [0.15, 0.2) is 0 Å². The van der Waals surface area contributed by atoms with E-state index in [1.165, 1.54) is 0 Å². The van der Waals surface area contributed by atoms with Gasteiger partial charge in [-0.3, -0.25) is 4.79 Å². The van der Waals surface area contributed by atoms with E-state index >= 15 is 0 Å². The predicted molar refractivity (Wildman–Crippen MR) is 79.6 cm³/mol. The van der Waals surface area contributed by atoms with Gasteiger partial charge in [0.1, 0.15) is 6.10 Å². The van der Waals surface area contributed by atoms with Crippen molar-refractivity contribution in [3.05, 3.63) is 34.9 Å². The maximum atomic E-state index is 12.2. The third-order valence-corrected chi connectivity index (χ3v) is 3.94. The highest BCUT2D eigenvalue weighted by molar-refractivity contribution is 6.31. The summed E-state index contributed by atoms with van der Waals surface area (Å²) < 4.78 is 5.84. The van der Waals surface area contributed by atoms with E-state index < -0.39 is 0 Å². The smallest absolute Gasteiger partial charge is 0.223 e. The van der Waals surface area contributed by atoms with Crippen LogP contribution in [0.2, 0.25) is 5.02 Å². The summed E-state index contributed by atoms with van der Waals surface area (Å²) in [7, 11) is 0. The zero-order valence-electron chi connectivity index (χ0n) is 11.7. The minimum Gasteiger partial charge on any atom is -0.369 e. The second-order valence-corrected chi connectivity index (χ2v) is 5.54. The number of halogens is 1. The Kier molecular flexibility index (Phi) is 5.40. The minimum absolute atomic E-state index is 0.0963. The Morgan fingerprint density at radius 3 is 2.95 bits per heavy atom. The Labute approximate surface area is 124 Å². The van der Waals surface area contributed by atoms with Crippen molar-refractivity contribution >= 4 is 17.5 Å². The summed E-state index contributed by atoms with van der Waals surface area (Å²) in [5, 5.41) is 0.682. The summed E-state index contributed by atoms with van der Waals surface area (Å²) in [5.74, 6) is 0.142. The first-order valence-corrected chi connectivity index (χ1v) is 7.37. The van der Waals surface area contributed by atoms with Gasteiger partial charge >= 0.3 is 0 Å². The fourth-order valence-electron chi connectivity index (χ4n) is 2.43. The molecule has 2 atom stereocenters. The maximum Gasteiger partial charge on any atom is 0.223 e. The van der Waals surface area contributed by atoms with E-state index in [1.54, 1.807) is 0 Å². The number of hydrogen-bond acceptors (Lipinski definition) is 3. The van der Waals surface area contributed by atoms with Gasteiger partial charge < -0.3 is 15.4 Å². The van der Waals surface area contributed by atoms with Crippen molar-refractivity contribution in [2.75, 3.05) is 19.7 Å². The Morgan fingerprint density at radius 1 is 1.50 bits per heavy atom. The van der Waals surface area contributed by atoms with Crippen LogP contribution in [-0.4, -0.2) is 36.5 Å². The Hall–Kier alpha value is -1.10. The second-order valence-electron chi connectivity index (χ2n) is 5.13. The Balaban J connectivity index is 2.08. The molecule has 1 fully saturated rings. The highest BCUT2D eigenvalue weighted by Crippen LogP contribution is 2.30. The molecular formula is C15H21ClN2O2. The van der Waals surface area contributed by atoms with E-state index in [-0.39, 0.29) is 18.1 Å². The van der Waals surface area contributed by atoms with E-state index in [1.807, 2.05) is 36.1 Å². The molecule has 20 heavy (non-hydrogen) atoms. The predicted octanol–water partition coefficient (Wildman–Crippen LogP) is 2.37. The van der Waals surface area contributed by atoms with Crippen LogP contribution in [0, 0.1) is 0 Å². The lowest BCUT2D eigenvalue weighted by Crippen LogP contribution is -2.48. The van der Waals surface area contributed by atoms with Crippen LogP contribution in [0.25, 0.3) is 0 Å². The average molecular weight is 297 g/mol. The number of benzene rings is 1. The zero-order chi connectivity index (χ0) is 14.5. The van der Waals surface area contributed by atoms with Gasteiger partial charge in [-0.2, -0.15) is 0 Å². The van der Waals surface area contributed by atoms with Crippen molar-refractivity contribution in [1.29, 1.82) is 0 Å². The number of rotatable bonds is 4. The summed E-state index contributed by atoms with van der Waals surface area (Å²) in [5.41, 5.74) is 6.41. The molecule has 110 valence electrons. The molecule has 0 bridgehead atoms. The SMILES string of the molecule is CC1COC(c2ccccc2Cl)CN1C(=O)CCCN. The van der Waals surface area contributed by atoms with E-state index in [0.717, 1.165) is 12.0 Å². The van der Waals surface area contributed by atoms with Crippen molar-refractivity contribution in [2.24, 2.45) is 5.73 Å². The van der Waals surface area contributed by atoms with Gasteiger partial charge in [0.2, 0.25) is 5.91 Å². The molecule has 2 unspecified atom stereocenters. The lowest BCUT2D eigenvalue weighted by atomic mass is 10.1. The lowest BCUT2D eigenvalue weighted by molar-refractivity contribution is -0.144. The third-order valence-electron chi connectivity index (χ3n) is 3.60. The van der Waals surface area contributed by atoms with Gasteiger partial charge in [0.25, 0.3) is 0 Å². The van der Waals surface area contributed by atoms with E-state index in [4.69, 9.17) is 22.1 Å². The monoisotopic (exact) mass is 296 g/mol. The van der Waals surface area contributed by atoms with Gasteiger partial charge in [0.05, 0.1) is 19.2 Å². The van der Waals surface area contributed by atoms with Crippen LogP contribution in [-0.2, 0) is 9.53 Å². The molecule has 1 aliphatic heterocycles. The van der Waals surface area contributed by atoms with E-state index in [9.17, 15) is 4.79 Å². The van der Waals surface area contributed by atoms with Gasteiger partial charge in [0, 0.05) is 17.0 Å². The van der Waals surface area contributed by atoms with Gasteiger partial charge in [-0.1, -0.05) is 29.8 Å². The summed E-state index contributed by atoms with van der Waals surface area (Å²) in [6.07, 6.45) is 1.07. The van der Waals surface area contributed by atoms with Crippen LogP contribution < -0.4 is 5.73 Å². The first kappa shape index (κ1) is 15.3. The number of hydrogen-bond donors (Lipinski definition) is 1. The van der Waals surface area contributed by atoms with Crippen LogP contribution in [0.4, 0.5) is 0 Å². The molecule has 1 amide bonds. The van der Waals surface area contributed by atoms with Crippen LogP contribution in [0.1, 0.15) is 31.4 Å². The van der Waals surface area contributed by atoms with Gasteiger partial charge in [-0.15, -0.1) is 0 Å². The van der Waals surface area contributed by atoms with Gasteiger partial charge in [-0.25, -0.2) is 0 Å². The first-order chi connectivity index (χ1) is 9.63. The first-order valence-electron chi connectivity index (χ1n) is 6.99. The molecule has 2 rings (SSSR count). The quantitative estimate of drug-likeness (QED) is 0.928. The molecule has 4 nitrogen and oxygen atoms in total. The number of carbonyl (C=O) groups excluding carboxylic acids is 1. The fraction of sp³-hybridized carbons (Fsp3) is 0.533. The molecule has 1 saturated heterocycles. The van der Waals surface area contributed by atoms with Crippen LogP contribution in [0.5, 0.6) is 0 Å². The van der Waals surface area contributed by atoms with Crippen LogP contribution >= 0.6 is 11.6 Å². The lowest BCUT2D eigenvalue weighted by Gasteiger charge is -2.38. The van der Waals surface area contributed by atoms with Crippen LogP contribution in [0.3, 0.4) is 0 Å². The summed E-state index contributed by atoms with van der Waals surface area (Å²) in [4.78, 5) is 14.1. The third kappa shape index (κ3) is 3.51. The molecule has 1 aromatic carbocycles. The molecule has 1 aliphatic rings. The fourth-order valence-corrected chi connectivity index (χ4v) is 2.68.